The van der Waals surface area contributed by atoms with Gasteiger partial charge >= 0.3 is 0 Å². The van der Waals surface area contributed by atoms with E-state index in [1.165, 1.54) is 9.75 Å². The third-order valence-electron chi connectivity index (χ3n) is 2.03. The summed E-state index contributed by atoms with van der Waals surface area (Å²) in [6.07, 6.45) is 0. The molecule has 4 heteroatoms. The average molecular weight is 207 g/mol. The minimum absolute atomic E-state index is 0.730. The highest BCUT2D eigenvalue weighted by molar-refractivity contribution is 7.11. The minimum Gasteiger partial charge on any atom is -0.384 e. The first kappa shape index (κ1) is 9.27. The number of anilines is 1. The van der Waals surface area contributed by atoms with Gasteiger partial charge in [0.05, 0.1) is 12.2 Å². The predicted octanol–water partition coefficient (Wildman–Crippen LogP) is 2.19. The van der Waals surface area contributed by atoms with E-state index in [9.17, 15) is 0 Å². The number of nitrogen functional groups attached to an aromatic ring is 1. The van der Waals surface area contributed by atoms with Gasteiger partial charge in [0.25, 0.3) is 0 Å². The Morgan fingerprint density at radius 2 is 2.21 bits per heavy atom. The molecule has 0 fully saturated rings. The average Bonchev–Trinajstić information content (AvgIpc) is 2.61. The molecule has 0 saturated heterocycles. The lowest BCUT2D eigenvalue weighted by Gasteiger charge is -2.00. The van der Waals surface area contributed by atoms with Crippen molar-refractivity contribution in [1.82, 2.24) is 9.78 Å². The fourth-order valence-corrected chi connectivity index (χ4v) is 2.28. The zero-order valence-electron chi connectivity index (χ0n) is 8.32. The summed E-state index contributed by atoms with van der Waals surface area (Å²) in [6, 6.07) is 6.13. The number of rotatable bonds is 2. The van der Waals surface area contributed by atoms with E-state index in [-0.39, 0.29) is 0 Å². The molecule has 0 bridgehead atoms. The molecule has 0 atom stereocenters. The van der Waals surface area contributed by atoms with Crippen LogP contribution < -0.4 is 5.73 Å². The Morgan fingerprint density at radius 1 is 1.43 bits per heavy atom. The van der Waals surface area contributed by atoms with Crippen molar-refractivity contribution >= 4 is 17.2 Å². The van der Waals surface area contributed by atoms with Gasteiger partial charge in [-0.1, -0.05) is 0 Å². The molecular weight excluding hydrogens is 194 g/mol. The Hall–Kier alpha value is -1.29. The Bertz CT molecular complexity index is 442. The molecule has 0 aliphatic carbocycles. The van der Waals surface area contributed by atoms with Crippen LogP contribution in [-0.4, -0.2) is 9.78 Å². The van der Waals surface area contributed by atoms with Crippen molar-refractivity contribution in [1.29, 1.82) is 0 Å². The van der Waals surface area contributed by atoms with E-state index in [4.69, 9.17) is 5.73 Å². The molecule has 0 aliphatic heterocycles. The summed E-state index contributed by atoms with van der Waals surface area (Å²) in [6.45, 7) is 4.83. The Labute approximate surface area is 87.2 Å². The lowest BCUT2D eigenvalue weighted by molar-refractivity contribution is 0.697. The molecule has 74 valence electrons. The van der Waals surface area contributed by atoms with Gasteiger partial charge in [0.2, 0.25) is 0 Å². The maximum absolute atomic E-state index is 5.80. The normalized spacial score (nSPS) is 10.7. The molecule has 3 nitrogen and oxygen atoms in total. The maximum Gasteiger partial charge on any atom is 0.122 e. The summed E-state index contributed by atoms with van der Waals surface area (Å²) in [5.74, 6) is 0.730. The summed E-state index contributed by atoms with van der Waals surface area (Å²) < 4.78 is 1.83. The van der Waals surface area contributed by atoms with Crippen LogP contribution in [0.25, 0.3) is 0 Å². The zero-order valence-corrected chi connectivity index (χ0v) is 9.14. The highest BCUT2D eigenvalue weighted by atomic mass is 32.1. The standard InChI is InChI=1S/C10H13N3S/c1-7-5-10(11)13(12-7)6-9-4-3-8(2)14-9/h3-5H,6,11H2,1-2H3. The lowest BCUT2D eigenvalue weighted by Crippen LogP contribution is -2.04. The molecule has 0 radical (unpaired) electrons. The van der Waals surface area contributed by atoms with Crippen LogP contribution in [0.1, 0.15) is 15.4 Å². The van der Waals surface area contributed by atoms with Crippen LogP contribution in [0.5, 0.6) is 0 Å². The number of nitrogens with two attached hydrogens (primary N) is 1. The predicted molar refractivity (Wildman–Crippen MR) is 59.5 cm³/mol. The highest BCUT2D eigenvalue weighted by Gasteiger charge is 2.03. The number of aromatic nitrogens is 2. The molecule has 2 N–H and O–H groups in total. The van der Waals surface area contributed by atoms with Crippen LogP contribution in [0.15, 0.2) is 18.2 Å². The molecule has 2 rings (SSSR count). The van der Waals surface area contributed by atoms with Crippen molar-refractivity contribution in [3.8, 4) is 0 Å². The SMILES string of the molecule is Cc1cc(N)n(Cc2ccc(C)s2)n1. The highest BCUT2D eigenvalue weighted by Crippen LogP contribution is 2.17. The van der Waals surface area contributed by atoms with Gasteiger partial charge in [0.15, 0.2) is 0 Å². The van der Waals surface area contributed by atoms with Crippen LogP contribution in [0.4, 0.5) is 5.82 Å². The quantitative estimate of drug-likeness (QED) is 0.820. The molecule has 0 amide bonds. The van der Waals surface area contributed by atoms with Gasteiger partial charge in [0, 0.05) is 15.8 Å². The van der Waals surface area contributed by atoms with Gasteiger partial charge in [-0.25, -0.2) is 4.68 Å². The van der Waals surface area contributed by atoms with Crippen LogP contribution >= 0.6 is 11.3 Å². The Kier molecular flexibility index (Phi) is 2.29. The third kappa shape index (κ3) is 1.80. The van der Waals surface area contributed by atoms with Gasteiger partial charge in [-0.2, -0.15) is 5.10 Å². The number of nitrogens with zero attached hydrogens (tertiary/aromatic N) is 2. The van der Waals surface area contributed by atoms with Gasteiger partial charge in [-0.05, 0) is 26.0 Å². The van der Waals surface area contributed by atoms with Gasteiger partial charge in [0.1, 0.15) is 5.82 Å². The van der Waals surface area contributed by atoms with E-state index in [1.807, 2.05) is 17.7 Å². The van der Waals surface area contributed by atoms with Crippen molar-refractivity contribution < 1.29 is 0 Å². The van der Waals surface area contributed by atoms with Gasteiger partial charge in [-0.15, -0.1) is 11.3 Å². The Balaban J connectivity index is 2.22. The van der Waals surface area contributed by atoms with E-state index in [0.717, 1.165) is 18.1 Å². The molecule has 2 heterocycles. The minimum atomic E-state index is 0.730. The molecular formula is C10H13N3S. The molecule has 0 aromatic carbocycles. The number of hydrogen-bond acceptors (Lipinski definition) is 3. The molecule has 2 aromatic heterocycles. The molecule has 0 saturated carbocycles. The largest absolute Gasteiger partial charge is 0.384 e. The van der Waals surface area contributed by atoms with Crippen LogP contribution in [0.2, 0.25) is 0 Å². The fraction of sp³-hybridized carbons (Fsp3) is 0.300. The van der Waals surface area contributed by atoms with Crippen molar-refractivity contribution in [3.05, 3.63) is 33.6 Å². The van der Waals surface area contributed by atoms with Crippen LogP contribution in [0.3, 0.4) is 0 Å². The number of aryl methyl sites for hydroxylation is 2. The number of thiophene rings is 1. The third-order valence-corrected chi connectivity index (χ3v) is 3.02. The van der Waals surface area contributed by atoms with Gasteiger partial charge in [-0.3, -0.25) is 0 Å². The van der Waals surface area contributed by atoms with E-state index >= 15 is 0 Å². The molecule has 0 spiro atoms. The first-order valence-corrected chi connectivity index (χ1v) is 5.32. The zero-order chi connectivity index (χ0) is 10.1. The van der Waals surface area contributed by atoms with Crippen molar-refractivity contribution in [2.45, 2.75) is 20.4 Å². The van der Waals surface area contributed by atoms with Crippen LogP contribution in [0, 0.1) is 13.8 Å². The fourth-order valence-electron chi connectivity index (χ4n) is 1.41. The molecule has 0 aliphatic rings. The summed E-state index contributed by atoms with van der Waals surface area (Å²) in [5, 5.41) is 4.31. The summed E-state index contributed by atoms with van der Waals surface area (Å²) >= 11 is 1.78. The Morgan fingerprint density at radius 3 is 2.71 bits per heavy atom. The summed E-state index contributed by atoms with van der Waals surface area (Å²) in [7, 11) is 0. The van der Waals surface area contributed by atoms with E-state index in [2.05, 4.69) is 24.2 Å². The van der Waals surface area contributed by atoms with E-state index in [0.29, 0.717) is 0 Å². The monoisotopic (exact) mass is 207 g/mol. The lowest BCUT2D eigenvalue weighted by atomic mass is 10.4. The van der Waals surface area contributed by atoms with E-state index in [1.54, 1.807) is 11.3 Å². The van der Waals surface area contributed by atoms with Crippen molar-refractivity contribution in [2.24, 2.45) is 0 Å². The summed E-state index contributed by atoms with van der Waals surface area (Å²) in [5.41, 5.74) is 6.77. The van der Waals surface area contributed by atoms with Crippen molar-refractivity contribution in [3.63, 3.8) is 0 Å². The van der Waals surface area contributed by atoms with Gasteiger partial charge < -0.3 is 5.73 Å². The topological polar surface area (TPSA) is 43.8 Å². The van der Waals surface area contributed by atoms with Crippen LogP contribution in [-0.2, 0) is 6.54 Å². The molecule has 0 unspecified atom stereocenters. The van der Waals surface area contributed by atoms with E-state index < -0.39 is 0 Å². The first-order chi connectivity index (χ1) is 6.65. The molecule has 2 aromatic rings. The second-order valence-corrected chi connectivity index (χ2v) is 4.75. The molecule has 14 heavy (non-hydrogen) atoms. The number of hydrogen-bond donors (Lipinski definition) is 1. The smallest absolute Gasteiger partial charge is 0.122 e. The summed E-state index contributed by atoms with van der Waals surface area (Å²) in [4.78, 5) is 2.61. The first-order valence-electron chi connectivity index (χ1n) is 4.50. The van der Waals surface area contributed by atoms with Crippen molar-refractivity contribution in [2.75, 3.05) is 5.73 Å². The maximum atomic E-state index is 5.80. The second kappa shape index (κ2) is 3.46. The second-order valence-electron chi connectivity index (χ2n) is 3.38.